The van der Waals surface area contributed by atoms with Gasteiger partial charge in [0.05, 0.1) is 11.1 Å². The van der Waals surface area contributed by atoms with Crippen molar-refractivity contribution in [3.8, 4) is 5.69 Å². The van der Waals surface area contributed by atoms with Crippen molar-refractivity contribution in [3.63, 3.8) is 0 Å². The van der Waals surface area contributed by atoms with Crippen molar-refractivity contribution in [1.29, 1.82) is 0 Å². The van der Waals surface area contributed by atoms with Crippen LogP contribution in [0.5, 0.6) is 0 Å². The minimum Gasteiger partial charge on any atom is -0.366 e. The molecule has 0 saturated carbocycles. The fourth-order valence-electron chi connectivity index (χ4n) is 4.41. The number of fused-ring (bicyclic) bond motifs is 1. The molecule has 6 nitrogen and oxygen atoms in total. The Morgan fingerprint density at radius 1 is 1.19 bits per heavy atom. The first-order chi connectivity index (χ1) is 15.2. The number of nitrogens with two attached hydrogens (primary N) is 1. The van der Waals surface area contributed by atoms with E-state index in [1.165, 1.54) is 10.5 Å². The molecule has 2 aromatic heterocycles. The number of nitrogens with zero attached hydrogens (tertiary/aromatic N) is 4. The number of aryl methyl sites for hydroxylation is 2. The van der Waals surface area contributed by atoms with Gasteiger partial charge in [0.2, 0.25) is 5.91 Å². The van der Waals surface area contributed by atoms with Gasteiger partial charge in [0.1, 0.15) is 11.6 Å². The van der Waals surface area contributed by atoms with Crippen LogP contribution in [0.25, 0.3) is 16.7 Å². The van der Waals surface area contributed by atoms with Gasteiger partial charge >= 0.3 is 0 Å². The number of benzene rings is 1. The van der Waals surface area contributed by atoms with E-state index < -0.39 is 0 Å². The number of thioether (sulfide) groups is 1. The van der Waals surface area contributed by atoms with Crippen LogP contribution in [0.4, 0.5) is 5.82 Å². The van der Waals surface area contributed by atoms with Gasteiger partial charge in [-0.05, 0) is 62.6 Å². The van der Waals surface area contributed by atoms with E-state index in [1.54, 1.807) is 11.8 Å². The lowest BCUT2D eigenvalue weighted by Gasteiger charge is -2.28. The molecule has 32 heavy (non-hydrogen) atoms. The zero-order chi connectivity index (χ0) is 23.2. The van der Waals surface area contributed by atoms with Crippen LogP contribution >= 0.6 is 11.8 Å². The molecular formula is C25H31N5OS. The molecule has 0 spiro atoms. The number of hydrogen-bond acceptors (Lipinski definition) is 5. The van der Waals surface area contributed by atoms with E-state index in [4.69, 9.17) is 15.7 Å². The molecule has 4 rings (SSSR count). The first-order valence-electron chi connectivity index (χ1n) is 11.0. The molecule has 1 aromatic carbocycles. The average molecular weight is 450 g/mol. The maximum absolute atomic E-state index is 11.8. The summed E-state index contributed by atoms with van der Waals surface area (Å²) in [6, 6.07) is 6.71. The quantitative estimate of drug-likeness (QED) is 0.566. The molecule has 3 heterocycles. The van der Waals surface area contributed by atoms with Crippen molar-refractivity contribution < 1.29 is 4.79 Å². The molecule has 1 aliphatic heterocycles. The number of aromatic nitrogens is 3. The Morgan fingerprint density at radius 3 is 2.59 bits per heavy atom. The summed E-state index contributed by atoms with van der Waals surface area (Å²) in [6.45, 7) is 11.9. The first kappa shape index (κ1) is 22.4. The predicted octanol–water partition coefficient (Wildman–Crippen LogP) is 4.81. The van der Waals surface area contributed by atoms with Gasteiger partial charge in [0, 0.05) is 29.3 Å². The van der Waals surface area contributed by atoms with Crippen molar-refractivity contribution in [2.45, 2.75) is 51.9 Å². The number of primary amides is 1. The zero-order valence-electron chi connectivity index (χ0n) is 19.7. The van der Waals surface area contributed by atoms with Gasteiger partial charge in [-0.25, -0.2) is 9.97 Å². The number of amides is 1. The summed E-state index contributed by atoms with van der Waals surface area (Å²) in [5, 5.41) is 1.04. The number of anilines is 1. The van der Waals surface area contributed by atoms with Gasteiger partial charge in [0.25, 0.3) is 0 Å². The summed E-state index contributed by atoms with van der Waals surface area (Å²) in [5.41, 5.74) is 11.9. The Morgan fingerprint density at radius 2 is 1.94 bits per heavy atom. The second-order valence-electron chi connectivity index (χ2n) is 8.73. The third-order valence-electron chi connectivity index (χ3n) is 6.33. The van der Waals surface area contributed by atoms with Crippen LogP contribution in [0, 0.1) is 20.8 Å². The number of carbonyl (C=O) groups is 1. The van der Waals surface area contributed by atoms with Crippen LogP contribution < -0.4 is 10.6 Å². The molecule has 0 saturated heterocycles. The Kier molecular flexibility index (Phi) is 6.03. The fraction of sp³-hybridized carbons (Fsp3) is 0.400. The maximum Gasteiger partial charge on any atom is 0.246 e. The Hall–Kier alpha value is -2.80. The lowest BCUT2D eigenvalue weighted by molar-refractivity contribution is -0.114. The molecule has 0 bridgehead atoms. The van der Waals surface area contributed by atoms with Crippen LogP contribution in [-0.4, -0.2) is 39.8 Å². The summed E-state index contributed by atoms with van der Waals surface area (Å²) in [6.07, 6.45) is 4.83. The van der Waals surface area contributed by atoms with Crippen molar-refractivity contribution >= 4 is 34.5 Å². The van der Waals surface area contributed by atoms with Gasteiger partial charge in [-0.3, -0.25) is 9.36 Å². The number of carbonyl (C=O) groups excluding carboxylic acids is 1. The minimum absolute atomic E-state index is 0.364. The molecule has 7 heteroatoms. The van der Waals surface area contributed by atoms with Crippen molar-refractivity contribution in [1.82, 2.24) is 14.5 Å². The van der Waals surface area contributed by atoms with Gasteiger partial charge < -0.3 is 10.6 Å². The van der Waals surface area contributed by atoms with E-state index >= 15 is 0 Å². The second-order valence-corrected chi connectivity index (χ2v) is 9.58. The molecule has 0 atom stereocenters. The highest BCUT2D eigenvalue weighted by molar-refractivity contribution is 7.98. The molecule has 1 amide bonds. The highest BCUT2D eigenvalue weighted by Crippen LogP contribution is 2.37. The summed E-state index contributed by atoms with van der Waals surface area (Å²) in [7, 11) is 0. The van der Waals surface area contributed by atoms with Crippen LogP contribution in [0.15, 0.2) is 34.7 Å². The van der Waals surface area contributed by atoms with E-state index in [-0.39, 0.29) is 5.91 Å². The zero-order valence-corrected chi connectivity index (χ0v) is 20.5. The highest BCUT2D eigenvalue weighted by atomic mass is 32.2. The van der Waals surface area contributed by atoms with Crippen molar-refractivity contribution in [3.05, 3.63) is 52.5 Å². The van der Waals surface area contributed by atoms with E-state index in [2.05, 4.69) is 61.6 Å². The molecule has 0 radical (unpaired) electrons. The normalized spacial score (nSPS) is 14.3. The highest BCUT2D eigenvalue weighted by Gasteiger charge is 2.25. The van der Waals surface area contributed by atoms with Gasteiger partial charge in [-0.1, -0.05) is 26.0 Å². The molecule has 2 N–H and O–H groups in total. The Bertz CT molecular complexity index is 1240. The Balaban J connectivity index is 1.94. The SMILES string of the molecule is CSc1cc(C(C)C)ccc1-n1c(C)c(C)c2c(N3CCC=C(C(N)=O)C3)nc(C)nc21. The van der Waals surface area contributed by atoms with Gasteiger partial charge in [-0.2, -0.15) is 0 Å². The second kappa shape index (κ2) is 8.62. The summed E-state index contributed by atoms with van der Waals surface area (Å²) >= 11 is 1.75. The largest absolute Gasteiger partial charge is 0.366 e. The molecule has 1 aliphatic rings. The van der Waals surface area contributed by atoms with Crippen molar-refractivity contribution in [2.75, 3.05) is 24.2 Å². The lowest BCUT2D eigenvalue weighted by Crippen LogP contribution is -2.35. The van der Waals surface area contributed by atoms with E-state index in [9.17, 15) is 4.79 Å². The van der Waals surface area contributed by atoms with Crippen LogP contribution in [0.2, 0.25) is 0 Å². The summed E-state index contributed by atoms with van der Waals surface area (Å²) in [5.74, 6) is 1.70. The third-order valence-corrected chi connectivity index (χ3v) is 7.09. The lowest BCUT2D eigenvalue weighted by atomic mass is 10.0. The van der Waals surface area contributed by atoms with Gasteiger partial charge in [0.15, 0.2) is 5.65 Å². The predicted molar refractivity (Wildman–Crippen MR) is 133 cm³/mol. The maximum atomic E-state index is 11.8. The van der Waals surface area contributed by atoms with Crippen molar-refractivity contribution in [2.24, 2.45) is 5.73 Å². The summed E-state index contributed by atoms with van der Waals surface area (Å²) in [4.78, 5) is 24.9. The molecule has 0 unspecified atom stereocenters. The standard InChI is InChI=1S/C25H31N5OS/c1-14(2)18-9-10-20(21(12-18)32-6)30-16(4)15(3)22-24(27-17(5)28-25(22)30)29-11-7-8-19(13-29)23(26)31/h8-10,12,14H,7,11,13H2,1-6H3,(H2,26,31). The average Bonchev–Trinajstić information content (AvgIpc) is 3.02. The number of rotatable bonds is 5. The molecule has 0 fully saturated rings. The Labute approximate surface area is 193 Å². The minimum atomic E-state index is -0.364. The molecule has 168 valence electrons. The van der Waals surface area contributed by atoms with E-state index in [0.29, 0.717) is 23.9 Å². The fourth-order valence-corrected chi connectivity index (χ4v) is 5.04. The van der Waals surface area contributed by atoms with Crippen LogP contribution in [0.1, 0.15) is 48.8 Å². The van der Waals surface area contributed by atoms with Crippen LogP contribution in [0.3, 0.4) is 0 Å². The smallest absolute Gasteiger partial charge is 0.246 e. The molecule has 0 aliphatic carbocycles. The van der Waals surface area contributed by atoms with E-state index in [1.807, 2.05) is 13.0 Å². The first-order valence-corrected chi connectivity index (χ1v) is 12.2. The topological polar surface area (TPSA) is 77.0 Å². The van der Waals surface area contributed by atoms with Gasteiger partial charge in [-0.15, -0.1) is 11.8 Å². The summed E-state index contributed by atoms with van der Waals surface area (Å²) < 4.78 is 2.26. The molecular weight excluding hydrogens is 418 g/mol. The van der Waals surface area contributed by atoms with E-state index in [0.717, 1.165) is 46.8 Å². The number of hydrogen-bond donors (Lipinski definition) is 1. The third kappa shape index (κ3) is 3.79. The monoisotopic (exact) mass is 449 g/mol. The van der Waals surface area contributed by atoms with Crippen LogP contribution in [-0.2, 0) is 4.79 Å². The molecule has 3 aromatic rings.